The van der Waals surface area contributed by atoms with Crippen molar-refractivity contribution in [2.45, 2.75) is 47.0 Å². The second kappa shape index (κ2) is 13.4. The van der Waals surface area contributed by atoms with Crippen LogP contribution in [0.4, 0.5) is 0 Å². The van der Waals surface area contributed by atoms with Crippen LogP contribution in [-0.4, -0.2) is 0 Å². The third-order valence-corrected chi connectivity index (χ3v) is 9.18. The monoisotopic (exact) mass is 582 g/mol. The molecule has 0 fully saturated rings. The summed E-state index contributed by atoms with van der Waals surface area (Å²) < 4.78 is 0. The fourth-order valence-corrected chi connectivity index (χ4v) is 6.71. The van der Waals surface area contributed by atoms with Crippen molar-refractivity contribution in [3.8, 4) is 11.1 Å². The summed E-state index contributed by atoms with van der Waals surface area (Å²) in [6.45, 7) is 12.8. The molecule has 0 heterocycles. The predicted molar refractivity (Wildman–Crippen MR) is 199 cm³/mol. The van der Waals surface area contributed by atoms with Crippen LogP contribution in [0.25, 0.3) is 50.9 Å². The number of hydrogen-bond acceptors (Lipinski definition) is 0. The molecule has 0 aliphatic heterocycles. The van der Waals surface area contributed by atoms with Crippen molar-refractivity contribution in [1.29, 1.82) is 0 Å². The third kappa shape index (κ3) is 6.33. The maximum Gasteiger partial charge on any atom is -0.00580 e. The molecule has 5 aromatic carbocycles. The van der Waals surface area contributed by atoms with Gasteiger partial charge in [0.25, 0.3) is 0 Å². The molecule has 0 aromatic heterocycles. The second-order valence-corrected chi connectivity index (χ2v) is 12.3. The van der Waals surface area contributed by atoms with Crippen LogP contribution in [0.1, 0.15) is 49.4 Å². The topological polar surface area (TPSA) is 0 Å². The first kappa shape index (κ1) is 30.1. The highest BCUT2D eigenvalue weighted by atomic mass is 14.2. The summed E-state index contributed by atoms with van der Waals surface area (Å²) in [6.07, 6.45) is 20.2. The van der Waals surface area contributed by atoms with Gasteiger partial charge in [-0.05, 0) is 112 Å². The fraction of sp³-hybridized carbons (Fsp3) is 0.156. The van der Waals surface area contributed by atoms with Gasteiger partial charge in [-0.15, -0.1) is 0 Å². The first-order valence-corrected chi connectivity index (χ1v) is 16.1. The smallest absolute Gasteiger partial charge is 0.00580 e. The largest absolute Gasteiger partial charge is 0.0990 e. The van der Waals surface area contributed by atoms with E-state index >= 15 is 0 Å². The Balaban J connectivity index is 1.29. The van der Waals surface area contributed by atoms with Crippen LogP contribution in [0.3, 0.4) is 0 Å². The van der Waals surface area contributed by atoms with Gasteiger partial charge in [-0.25, -0.2) is 0 Å². The van der Waals surface area contributed by atoms with E-state index < -0.39 is 0 Å². The Bertz CT molecular complexity index is 2180. The molecule has 0 spiro atoms. The van der Waals surface area contributed by atoms with Crippen molar-refractivity contribution in [2.75, 3.05) is 0 Å². The summed E-state index contributed by atoms with van der Waals surface area (Å²) in [5.74, 6) is 0. The molecule has 0 amide bonds. The Morgan fingerprint density at radius 1 is 0.733 bits per heavy atom. The van der Waals surface area contributed by atoms with Gasteiger partial charge in [0.2, 0.25) is 0 Å². The molecule has 6 rings (SSSR count). The molecule has 0 heteroatoms. The van der Waals surface area contributed by atoms with Crippen LogP contribution < -0.4 is 10.4 Å². The van der Waals surface area contributed by atoms with Gasteiger partial charge in [-0.3, -0.25) is 0 Å². The summed E-state index contributed by atoms with van der Waals surface area (Å²) in [5.41, 5.74) is 12.4. The summed E-state index contributed by atoms with van der Waals surface area (Å²) in [6, 6.07) is 31.5. The summed E-state index contributed by atoms with van der Waals surface area (Å²) in [5, 5.41) is 7.75. The molecule has 1 aliphatic carbocycles. The van der Waals surface area contributed by atoms with Crippen molar-refractivity contribution in [3.63, 3.8) is 0 Å². The van der Waals surface area contributed by atoms with E-state index in [0.717, 1.165) is 19.3 Å². The lowest BCUT2D eigenvalue weighted by Gasteiger charge is -2.09. The van der Waals surface area contributed by atoms with Crippen LogP contribution in [0.5, 0.6) is 0 Å². The van der Waals surface area contributed by atoms with E-state index in [1.165, 1.54) is 76.5 Å². The first-order chi connectivity index (χ1) is 22.0. The quantitative estimate of drug-likeness (QED) is 0.102. The van der Waals surface area contributed by atoms with E-state index in [2.05, 4.69) is 149 Å². The molecule has 5 aromatic rings. The van der Waals surface area contributed by atoms with E-state index in [1.54, 1.807) is 5.57 Å². The minimum Gasteiger partial charge on any atom is -0.0990 e. The van der Waals surface area contributed by atoms with Crippen LogP contribution >= 0.6 is 0 Å². The standard InChI is InChI=1S/C45H42/c1-6-8-9-15-31(3)26-34-21-22-35(27-33(34)5)36-23-24-37-28-38(30-39(37)29-36)32(4)20-25-45-40(14-7-2)41-16-10-11-17-42(41)43-18-12-13-19-44(43)45/h6-19,21-27,29H,2,20,28,30H2,1,3-5H3/b8-6-,15-9-,31-26+,38-32-,40-14-,45-25+. The zero-order chi connectivity index (χ0) is 31.3. The Labute approximate surface area is 268 Å². The van der Waals surface area contributed by atoms with E-state index in [1.807, 2.05) is 19.1 Å². The maximum atomic E-state index is 4.04. The summed E-state index contributed by atoms with van der Waals surface area (Å²) in [4.78, 5) is 0. The highest BCUT2D eigenvalue weighted by Gasteiger charge is 2.18. The minimum atomic E-state index is 0.939. The Morgan fingerprint density at radius 2 is 1.38 bits per heavy atom. The number of fused-ring (bicyclic) bond motifs is 4. The van der Waals surface area contributed by atoms with Gasteiger partial charge in [-0.2, -0.15) is 0 Å². The van der Waals surface area contributed by atoms with E-state index in [0.29, 0.717) is 0 Å². The van der Waals surface area contributed by atoms with Crippen LogP contribution in [0.2, 0.25) is 0 Å². The van der Waals surface area contributed by atoms with E-state index in [-0.39, 0.29) is 0 Å². The lowest BCUT2D eigenvalue weighted by Crippen LogP contribution is -2.26. The molecule has 222 valence electrons. The molecule has 45 heavy (non-hydrogen) atoms. The molecule has 0 unspecified atom stereocenters. The van der Waals surface area contributed by atoms with Gasteiger partial charge in [0.05, 0.1) is 0 Å². The lowest BCUT2D eigenvalue weighted by atomic mass is 9.95. The van der Waals surface area contributed by atoms with Crippen molar-refractivity contribution >= 4 is 39.8 Å². The van der Waals surface area contributed by atoms with E-state index in [4.69, 9.17) is 0 Å². The average molecular weight is 583 g/mol. The highest BCUT2D eigenvalue weighted by Crippen LogP contribution is 2.33. The molecule has 0 N–H and O–H groups in total. The number of allylic oxidation sites excluding steroid dienone is 8. The SMILES string of the molecule is C=C/C=c1\c(=C/C/C(C)=C2/Cc3ccc(-c4ccc(/C=C(C)/C=C\C=C/C)c(C)c4)cc3C2)c2ccccc2c2ccccc12. The molecule has 1 aliphatic rings. The molecule has 0 radical (unpaired) electrons. The van der Waals surface area contributed by atoms with Crippen molar-refractivity contribution in [1.82, 2.24) is 0 Å². The molecule has 0 saturated carbocycles. The minimum absolute atomic E-state index is 0.939. The predicted octanol–water partition coefficient (Wildman–Crippen LogP) is 10.8. The number of hydrogen-bond donors (Lipinski definition) is 0. The van der Waals surface area contributed by atoms with Crippen LogP contribution in [0, 0.1) is 6.92 Å². The maximum absolute atomic E-state index is 4.04. The molecule has 0 nitrogen and oxygen atoms in total. The van der Waals surface area contributed by atoms with Crippen LogP contribution in [-0.2, 0) is 12.8 Å². The summed E-state index contributed by atoms with van der Waals surface area (Å²) in [7, 11) is 0. The van der Waals surface area contributed by atoms with Gasteiger partial charge in [-0.1, -0.05) is 157 Å². The lowest BCUT2D eigenvalue weighted by molar-refractivity contribution is 1.07. The van der Waals surface area contributed by atoms with Gasteiger partial charge in [0.1, 0.15) is 0 Å². The van der Waals surface area contributed by atoms with Crippen molar-refractivity contribution in [3.05, 3.63) is 171 Å². The van der Waals surface area contributed by atoms with E-state index in [9.17, 15) is 0 Å². The Morgan fingerprint density at radius 3 is 2.07 bits per heavy atom. The number of benzene rings is 5. The molecule has 0 atom stereocenters. The highest BCUT2D eigenvalue weighted by molar-refractivity contribution is 6.08. The van der Waals surface area contributed by atoms with Gasteiger partial charge < -0.3 is 0 Å². The van der Waals surface area contributed by atoms with Gasteiger partial charge in [0, 0.05) is 0 Å². The Kier molecular flexibility index (Phi) is 8.94. The summed E-state index contributed by atoms with van der Waals surface area (Å²) >= 11 is 0. The fourth-order valence-electron chi connectivity index (χ4n) is 6.71. The molecular formula is C45H42. The third-order valence-electron chi connectivity index (χ3n) is 9.18. The zero-order valence-electron chi connectivity index (χ0n) is 27.0. The van der Waals surface area contributed by atoms with Crippen molar-refractivity contribution < 1.29 is 0 Å². The van der Waals surface area contributed by atoms with Gasteiger partial charge in [0.15, 0.2) is 0 Å². The zero-order valence-corrected chi connectivity index (χ0v) is 27.0. The molecular weight excluding hydrogens is 540 g/mol. The normalized spacial score (nSPS) is 15.6. The first-order valence-electron chi connectivity index (χ1n) is 16.1. The molecule has 0 saturated heterocycles. The number of rotatable bonds is 7. The van der Waals surface area contributed by atoms with Gasteiger partial charge >= 0.3 is 0 Å². The van der Waals surface area contributed by atoms with Crippen molar-refractivity contribution in [2.24, 2.45) is 0 Å². The Hall–Kier alpha value is -4.94. The molecule has 0 bridgehead atoms. The van der Waals surface area contributed by atoms with Crippen LogP contribution in [0.15, 0.2) is 139 Å². The second-order valence-electron chi connectivity index (χ2n) is 12.3. The number of aryl methyl sites for hydroxylation is 1. The average Bonchev–Trinajstić information content (AvgIpc) is 3.49.